The average molecular weight is 428 g/mol. The molecule has 9 heteroatoms. The molecule has 3 rings (SSSR count). The van der Waals surface area contributed by atoms with Gasteiger partial charge in [-0.1, -0.05) is 35.0 Å². The summed E-state index contributed by atoms with van der Waals surface area (Å²) in [5.74, 6) is 1.12. The van der Waals surface area contributed by atoms with Crippen LogP contribution >= 0.6 is 46.3 Å². The molecule has 0 atom stereocenters. The topological polar surface area (TPSA) is 64.1 Å². The summed E-state index contributed by atoms with van der Waals surface area (Å²) in [6.45, 7) is 4.33. The van der Waals surface area contributed by atoms with Gasteiger partial charge in [0, 0.05) is 6.20 Å². The molecule has 0 bridgehead atoms. The van der Waals surface area contributed by atoms with E-state index >= 15 is 0 Å². The Labute approximate surface area is 169 Å². The van der Waals surface area contributed by atoms with Crippen LogP contribution in [0.2, 0.25) is 10.0 Å². The van der Waals surface area contributed by atoms with Crippen LogP contribution in [0.4, 0.5) is 5.82 Å². The summed E-state index contributed by atoms with van der Waals surface area (Å²) in [6.07, 6.45) is 1.47. The van der Waals surface area contributed by atoms with E-state index in [0.29, 0.717) is 28.0 Å². The maximum atomic E-state index is 12.2. The van der Waals surface area contributed by atoms with Crippen molar-refractivity contribution >= 4 is 68.2 Å². The van der Waals surface area contributed by atoms with Crippen molar-refractivity contribution in [2.45, 2.75) is 18.2 Å². The Morgan fingerprint density at radius 1 is 1.38 bits per heavy atom. The number of rotatable bonds is 6. The predicted molar refractivity (Wildman–Crippen MR) is 109 cm³/mol. The zero-order valence-electron chi connectivity index (χ0n) is 14.0. The molecule has 0 saturated carbocycles. The van der Waals surface area contributed by atoms with Gasteiger partial charge in [0.15, 0.2) is 10.2 Å². The summed E-state index contributed by atoms with van der Waals surface area (Å²) in [7, 11) is 0. The summed E-state index contributed by atoms with van der Waals surface area (Å²) in [5, 5.41) is 3.51. The summed E-state index contributed by atoms with van der Waals surface area (Å²) in [5.41, 5.74) is 1.57. The van der Waals surface area contributed by atoms with E-state index < -0.39 is 0 Å². The van der Waals surface area contributed by atoms with Crippen LogP contribution < -0.4 is 10.1 Å². The Balaban J connectivity index is 1.64. The molecule has 26 heavy (non-hydrogen) atoms. The number of thiazole rings is 1. The highest BCUT2D eigenvalue weighted by Crippen LogP contribution is 2.32. The lowest BCUT2D eigenvalue weighted by molar-refractivity contribution is -0.113. The van der Waals surface area contributed by atoms with Gasteiger partial charge in [-0.3, -0.25) is 4.79 Å². The fourth-order valence-corrected chi connectivity index (χ4v) is 4.43. The van der Waals surface area contributed by atoms with Crippen LogP contribution in [0.5, 0.6) is 5.75 Å². The van der Waals surface area contributed by atoms with Crippen molar-refractivity contribution in [1.82, 2.24) is 9.97 Å². The molecule has 5 nitrogen and oxygen atoms in total. The zero-order chi connectivity index (χ0) is 18.7. The zero-order valence-corrected chi connectivity index (χ0v) is 17.2. The number of anilines is 1. The van der Waals surface area contributed by atoms with Crippen LogP contribution in [0, 0.1) is 6.92 Å². The largest absolute Gasteiger partial charge is 0.494 e. The fourth-order valence-electron chi connectivity index (χ4n) is 2.14. The Morgan fingerprint density at radius 2 is 2.19 bits per heavy atom. The van der Waals surface area contributed by atoms with Crippen molar-refractivity contribution in [3.8, 4) is 5.75 Å². The Morgan fingerprint density at radius 3 is 2.96 bits per heavy atom. The second-order valence-electron chi connectivity index (χ2n) is 5.27. The fraction of sp³-hybridized carbons (Fsp3) is 0.235. The summed E-state index contributed by atoms with van der Waals surface area (Å²) in [6, 6.07) is 5.77. The number of aromatic nitrogens is 2. The minimum Gasteiger partial charge on any atom is -0.494 e. The molecule has 136 valence electrons. The molecule has 2 aromatic heterocycles. The van der Waals surface area contributed by atoms with Crippen molar-refractivity contribution in [3.63, 3.8) is 0 Å². The van der Waals surface area contributed by atoms with Gasteiger partial charge in [0.25, 0.3) is 0 Å². The molecule has 0 radical (unpaired) electrons. The lowest BCUT2D eigenvalue weighted by Gasteiger charge is -2.08. The number of carbonyl (C=O) groups excluding carboxylic acids is 1. The van der Waals surface area contributed by atoms with Crippen LogP contribution in [-0.4, -0.2) is 28.2 Å². The summed E-state index contributed by atoms with van der Waals surface area (Å²) >= 11 is 15.0. The number of carbonyl (C=O) groups is 1. The lowest BCUT2D eigenvalue weighted by atomic mass is 10.3. The molecule has 0 saturated heterocycles. The number of halogens is 2. The van der Waals surface area contributed by atoms with E-state index in [2.05, 4.69) is 15.3 Å². The van der Waals surface area contributed by atoms with Crippen molar-refractivity contribution in [2.75, 3.05) is 17.7 Å². The molecule has 0 aliphatic carbocycles. The third-order valence-electron chi connectivity index (χ3n) is 3.44. The number of nitrogens with zero attached hydrogens (tertiary/aromatic N) is 2. The van der Waals surface area contributed by atoms with Gasteiger partial charge in [-0.25, -0.2) is 9.97 Å². The number of nitrogens with one attached hydrogen (secondary N) is 1. The highest BCUT2D eigenvalue weighted by atomic mass is 35.5. The minimum atomic E-state index is -0.208. The first-order valence-electron chi connectivity index (χ1n) is 7.74. The second kappa shape index (κ2) is 8.43. The number of fused-ring (bicyclic) bond motifs is 1. The van der Waals surface area contributed by atoms with Gasteiger partial charge >= 0.3 is 0 Å². The third kappa shape index (κ3) is 4.40. The Hall–Kier alpha value is -1.54. The van der Waals surface area contributed by atoms with Gasteiger partial charge < -0.3 is 10.1 Å². The van der Waals surface area contributed by atoms with Crippen LogP contribution in [0.25, 0.3) is 10.2 Å². The quantitative estimate of drug-likeness (QED) is 0.530. The van der Waals surface area contributed by atoms with Crippen LogP contribution in [0.3, 0.4) is 0 Å². The molecule has 0 spiro atoms. The second-order valence-corrected chi connectivity index (χ2v) is 8.31. The van der Waals surface area contributed by atoms with Gasteiger partial charge in [0.1, 0.15) is 5.75 Å². The highest BCUT2D eigenvalue weighted by Gasteiger charge is 2.13. The molecule has 1 amide bonds. The van der Waals surface area contributed by atoms with E-state index in [1.165, 1.54) is 29.3 Å². The first-order valence-corrected chi connectivity index (χ1v) is 10.3. The molecule has 1 N–H and O–H groups in total. The molecular weight excluding hydrogens is 413 g/mol. The first-order chi connectivity index (χ1) is 12.5. The lowest BCUT2D eigenvalue weighted by Crippen LogP contribution is -2.15. The van der Waals surface area contributed by atoms with Crippen molar-refractivity contribution in [3.05, 3.63) is 40.0 Å². The Bertz CT molecular complexity index is 963. The van der Waals surface area contributed by atoms with E-state index in [4.69, 9.17) is 27.9 Å². The number of amides is 1. The molecule has 0 aliphatic rings. The van der Waals surface area contributed by atoms with E-state index in [1.807, 2.05) is 25.1 Å². The first kappa shape index (κ1) is 19.2. The molecule has 0 aliphatic heterocycles. The molecule has 2 heterocycles. The van der Waals surface area contributed by atoms with Crippen molar-refractivity contribution in [1.29, 1.82) is 0 Å². The number of benzene rings is 1. The normalized spacial score (nSPS) is 10.9. The van der Waals surface area contributed by atoms with Crippen LogP contribution in [-0.2, 0) is 4.79 Å². The average Bonchev–Trinajstić information content (AvgIpc) is 3.03. The maximum absolute atomic E-state index is 12.2. The SMILES string of the molecule is CCOc1ccc2nc(SCC(=O)Nc3ncc(Cl)c(C)c3Cl)sc2c1. The molecule has 0 fully saturated rings. The molecule has 3 aromatic rings. The Kier molecular flexibility index (Phi) is 6.24. The van der Waals surface area contributed by atoms with E-state index in [1.54, 1.807) is 6.92 Å². The summed E-state index contributed by atoms with van der Waals surface area (Å²) < 4.78 is 7.34. The standard InChI is InChI=1S/C17H15Cl2N3O2S2/c1-3-24-10-4-5-12-13(6-10)26-17(21-12)25-8-14(23)22-16-15(19)9(2)11(18)7-20-16/h4-7H,3,8H2,1-2H3,(H,20,22,23). The van der Waals surface area contributed by atoms with Gasteiger partial charge in [0.05, 0.1) is 32.6 Å². The number of ether oxygens (including phenoxy) is 1. The smallest absolute Gasteiger partial charge is 0.236 e. The van der Waals surface area contributed by atoms with E-state index in [0.717, 1.165) is 20.3 Å². The monoisotopic (exact) mass is 427 g/mol. The number of thioether (sulfide) groups is 1. The van der Waals surface area contributed by atoms with Crippen molar-refractivity contribution in [2.24, 2.45) is 0 Å². The molecular formula is C17H15Cl2N3O2S2. The van der Waals surface area contributed by atoms with Gasteiger partial charge in [-0.05, 0) is 37.6 Å². The highest BCUT2D eigenvalue weighted by molar-refractivity contribution is 8.01. The van der Waals surface area contributed by atoms with Crippen molar-refractivity contribution < 1.29 is 9.53 Å². The third-order valence-corrected chi connectivity index (χ3v) is 6.44. The molecule has 0 unspecified atom stereocenters. The summed E-state index contributed by atoms with van der Waals surface area (Å²) in [4.78, 5) is 20.8. The number of pyridine rings is 1. The number of hydrogen-bond acceptors (Lipinski definition) is 6. The number of hydrogen-bond donors (Lipinski definition) is 1. The maximum Gasteiger partial charge on any atom is 0.236 e. The van der Waals surface area contributed by atoms with Crippen LogP contribution in [0.1, 0.15) is 12.5 Å². The van der Waals surface area contributed by atoms with Crippen LogP contribution in [0.15, 0.2) is 28.7 Å². The van der Waals surface area contributed by atoms with Gasteiger partial charge in [0.2, 0.25) is 5.91 Å². The van der Waals surface area contributed by atoms with E-state index in [-0.39, 0.29) is 11.7 Å². The van der Waals surface area contributed by atoms with Gasteiger partial charge in [-0.2, -0.15) is 0 Å². The van der Waals surface area contributed by atoms with Gasteiger partial charge in [-0.15, -0.1) is 11.3 Å². The molecule has 1 aromatic carbocycles. The minimum absolute atomic E-state index is 0.206. The predicted octanol–water partition coefficient (Wildman–Crippen LogP) is 5.44. The van der Waals surface area contributed by atoms with E-state index in [9.17, 15) is 4.79 Å².